The zero-order chi connectivity index (χ0) is 27.0. The predicted octanol–water partition coefficient (Wildman–Crippen LogP) is 6.09. The summed E-state index contributed by atoms with van der Waals surface area (Å²) in [5.41, 5.74) is 7.87. The topological polar surface area (TPSA) is 116 Å². The maximum Gasteiger partial charge on any atom is 0.340 e. The van der Waals surface area contributed by atoms with Crippen LogP contribution in [0.1, 0.15) is 49.9 Å². The monoisotopic (exact) mass is 539 g/mol. The van der Waals surface area contributed by atoms with Gasteiger partial charge in [-0.15, -0.1) is 0 Å². The first-order valence-electron chi connectivity index (χ1n) is 12.0. The molecule has 0 saturated heterocycles. The van der Waals surface area contributed by atoms with Crippen molar-refractivity contribution in [3.8, 4) is 22.6 Å². The molecule has 38 heavy (non-hydrogen) atoms. The molecule has 0 unspecified atom stereocenters. The second-order valence-corrected chi connectivity index (χ2v) is 9.68. The predicted molar refractivity (Wildman–Crippen MR) is 140 cm³/mol. The summed E-state index contributed by atoms with van der Waals surface area (Å²) in [4.78, 5) is 30.5. The number of alkyl halides is 2. The lowest BCUT2D eigenvalue weighted by atomic mass is 9.88. The third kappa shape index (κ3) is 4.91. The number of pyridine rings is 1. The quantitative estimate of drug-likeness (QED) is 0.304. The normalized spacial score (nSPS) is 17.9. The first-order valence-corrected chi connectivity index (χ1v) is 12.4. The number of aromatic nitrogens is 3. The number of amides is 1. The molecule has 1 aliphatic heterocycles. The largest absolute Gasteiger partial charge is 0.422 e. The van der Waals surface area contributed by atoms with Crippen molar-refractivity contribution in [2.24, 2.45) is 5.92 Å². The van der Waals surface area contributed by atoms with Gasteiger partial charge in [-0.05, 0) is 55.3 Å². The molecule has 0 fully saturated rings. The van der Waals surface area contributed by atoms with E-state index in [-0.39, 0.29) is 23.0 Å². The van der Waals surface area contributed by atoms with Crippen molar-refractivity contribution in [2.45, 2.75) is 38.7 Å². The summed E-state index contributed by atoms with van der Waals surface area (Å²) in [5, 5.41) is 6.97. The molecule has 1 aliphatic rings. The molecule has 1 aromatic carbocycles. The van der Waals surface area contributed by atoms with Crippen LogP contribution in [0, 0.1) is 5.92 Å². The third-order valence-electron chi connectivity index (χ3n) is 6.74. The van der Waals surface area contributed by atoms with Crippen molar-refractivity contribution in [2.75, 3.05) is 11.1 Å². The van der Waals surface area contributed by atoms with Gasteiger partial charge in [0.15, 0.2) is 0 Å². The number of nitrogens with one attached hydrogen (secondary N) is 1. The van der Waals surface area contributed by atoms with E-state index in [2.05, 4.69) is 15.4 Å². The van der Waals surface area contributed by atoms with E-state index >= 15 is 0 Å². The highest BCUT2D eigenvalue weighted by molar-refractivity contribution is 6.31. The lowest BCUT2D eigenvalue weighted by Gasteiger charge is -2.20. The Labute approximate surface area is 221 Å². The Morgan fingerprint density at radius 2 is 1.97 bits per heavy atom. The molecule has 8 nitrogen and oxygen atoms in total. The van der Waals surface area contributed by atoms with Crippen LogP contribution in [0.5, 0.6) is 0 Å². The lowest BCUT2D eigenvalue weighted by Crippen LogP contribution is -2.22. The van der Waals surface area contributed by atoms with Crippen molar-refractivity contribution in [3.05, 3.63) is 81.6 Å². The van der Waals surface area contributed by atoms with Crippen LogP contribution in [0.15, 0.2) is 64.1 Å². The van der Waals surface area contributed by atoms with Gasteiger partial charge < -0.3 is 15.5 Å². The van der Waals surface area contributed by atoms with Crippen molar-refractivity contribution < 1.29 is 18.0 Å². The minimum absolute atomic E-state index is 0.0577. The van der Waals surface area contributed by atoms with E-state index < -0.39 is 24.0 Å². The fourth-order valence-electron chi connectivity index (χ4n) is 4.72. The van der Waals surface area contributed by atoms with Gasteiger partial charge in [-0.25, -0.2) is 9.48 Å². The number of nitrogens with zero attached hydrogens (tertiary/aromatic N) is 3. The molecule has 3 N–H and O–H groups in total. The first kappa shape index (κ1) is 25.6. The summed E-state index contributed by atoms with van der Waals surface area (Å²) in [6.45, 7) is -1.16. The van der Waals surface area contributed by atoms with Crippen LogP contribution < -0.4 is 16.7 Å². The molecular weight excluding hydrogens is 516 g/mol. The van der Waals surface area contributed by atoms with Gasteiger partial charge in [0, 0.05) is 51.1 Å². The number of halogens is 3. The fraction of sp³-hybridized carbons (Fsp3) is 0.259. The van der Waals surface area contributed by atoms with Crippen molar-refractivity contribution in [3.63, 3.8) is 0 Å². The number of anilines is 2. The number of nitrogen functional groups attached to an aromatic ring is 1. The number of hydrogen-bond acceptors (Lipinski definition) is 6. The molecule has 1 amide bonds. The van der Waals surface area contributed by atoms with Gasteiger partial charge in [0.25, 0.3) is 0 Å². The Hall–Kier alpha value is -4.05. The summed E-state index contributed by atoms with van der Waals surface area (Å²) in [6, 6.07) is 11.4. The minimum atomic E-state index is -2.92. The smallest absolute Gasteiger partial charge is 0.340 e. The summed E-state index contributed by atoms with van der Waals surface area (Å²) in [5.74, 6) is -0.925. The highest BCUT2D eigenvalue weighted by atomic mass is 35.5. The second-order valence-electron chi connectivity index (χ2n) is 9.25. The van der Waals surface area contributed by atoms with E-state index in [1.807, 2.05) is 0 Å². The molecular formula is C27H24ClF2N5O3. The Balaban J connectivity index is 1.62. The molecule has 0 aliphatic carbocycles. The van der Waals surface area contributed by atoms with Crippen molar-refractivity contribution >= 4 is 28.9 Å². The molecule has 0 saturated carbocycles. The average Bonchev–Trinajstić information content (AvgIpc) is 3.31. The molecule has 2 bridgehead atoms. The molecule has 5 rings (SSSR count). The number of hydrogen-bond donors (Lipinski definition) is 2. The number of carbonyl (C=O) groups excluding carboxylic acids is 1. The maximum absolute atomic E-state index is 13.8. The van der Waals surface area contributed by atoms with E-state index in [9.17, 15) is 18.4 Å². The van der Waals surface area contributed by atoms with Crippen LogP contribution in [-0.4, -0.2) is 20.7 Å². The van der Waals surface area contributed by atoms with Gasteiger partial charge in [0.05, 0.1) is 17.6 Å². The number of rotatable bonds is 3. The summed E-state index contributed by atoms with van der Waals surface area (Å²) >= 11 is 6.10. The van der Waals surface area contributed by atoms with Gasteiger partial charge in [-0.1, -0.05) is 24.9 Å². The summed E-state index contributed by atoms with van der Waals surface area (Å²) < 4.78 is 33.8. The number of nitrogens with two attached hydrogens (primary N) is 1. The van der Waals surface area contributed by atoms with E-state index in [0.717, 1.165) is 0 Å². The summed E-state index contributed by atoms with van der Waals surface area (Å²) in [6.07, 6.45) is 4.31. The van der Waals surface area contributed by atoms with Crippen LogP contribution in [0.4, 0.5) is 20.2 Å². The van der Waals surface area contributed by atoms with Crippen LogP contribution >= 0.6 is 11.6 Å². The molecule has 0 spiro atoms. The van der Waals surface area contributed by atoms with E-state index in [4.69, 9.17) is 21.8 Å². The van der Waals surface area contributed by atoms with Gasteiger partial charge in [0.1, 0.15) is 5.76 Å². The van der Waals surface area contributed by atoms with Crippen LogP contribution in [0.25, 0.3) is 22.6 Å². The van der Waals surface area contributed by atoms with Crippen molar-refractivity contribution in [1.29, 1.82) is 0 Å². The molecule has 4 heterocycles. The SMILES string of the molecule is C[C@@H]1CCC[C@@H](c2ccc(-c3cc(Cl)ccc3N)oc2=O)c2cc(ccn2)-c2c(cnn2C(F)F)NC1=O. The number of carbonyl (C=O) groups is 1. The molecule has 196 valence electrons. The number of benzene rings is 1. The maximum atomic E-state index is 13.8. The standard InChI is InChI=1S/C27H24ClF2N5O3/c1-14-3-2-4-17(18-6-8-23(38-26(18)37)19-12-16(28)5-7-20(19)31)21-11-15(9-10-32-21)24-22(34-25(14)36)13-33-35(24)27(29)30/h5-14,17,27H,2-4,31H2,1H3,(H,34,36)/t14-,17+/m1/s1. The Morgan fingerprint density at radius 1 is 1.16 bits per heavy atom. The van der Waals surface area contributed by atoms with Crippen molar-refractivity contribution in [1.82, 2.24) is 14.8 Å². The molecule has 11 heteroatoms. The number of fused-ring (bicyclic) bond motifs is 4. The van der Waals surface area contributed by atoms with Crippen LogP contribution in [0.2, 0.25) is 5.02 Å². The Kier molecular flexibility index (Phi) is 6.98. The third-order valence-corrected chi connectivity index (χ3v) is 6.97. The molecule has 2 atom stereocenters. The zero-order valence-electron chi connectivity index (χ0n) is 20.3. The van der Waals surface area contributed by atoms with Crippen LogP contribution in [-0.2, 0) is 4.79 Å². The van der Waals surface area contributed by atoms with Gasteiger partial charge in [0.2, 0.25) is 5.91 Å². The Morgan fingerprint density at radius 3 is 2.74 bits per heavy atom. The Bertz CT molecular complexity index is 1570. The minimum Gasteiger partial charge on any atom is -0.422 e. The van der Waals surface area contributed by atoms with E-state index in [1.165, 1.54) is 12.4 Å². The van der Waals surface area contributed by atoms with Gasteiger partial charge in [-0.2, -0.15) is 13.9 Å². The van der Waals surface area contributed by atoms with Gasteiger partial charge >= 0.3 is 12.2 Å². The lowest BCUT2D eigenvalue weighted by molar-refractivity contribution is -0.119. The second kappa shape index (κ2) is 10.4. The molecule has 4 aromatic rings. The van der Waals surface area contributed by atoms with Crippen LogP contribution in [0.3, 0.4) is 0 Å². The first-order chi connectivity index (χ1) is 18.2. The summed E-state index contributed by atoms with van der Waals surface area (Å²) in [7, 11) is 0. The average molecular weight is 540 g/mol. The molecule has 3 aromatic heterocycles. The van der Waals surface area contributed by atoms with E-state index in [1.54, 1.807) is 49.4 Å². The van der Waals surface area contributed by atoms with E-state index in [0.29, 0.717) is 57.0 Å². The highest BCUT2D eigenvalue weighted by Gasteiger charge is 2.27. The highest BCUT2D eigenvalue weighted by Crippen LogP contribution is 2.36. The molecule has 0 radical (unpaired) electrons. The fourth-order valence-corrected chi connectivity index (χ4v) is 4.90. The van der Waals surface area contributed by atoms with Gasteiger partial charge in [-0.3, -0.25) is 9.78 Å². The zero-order valence-corrected chi connectivity index (χ0v) is 21.1.